The SMILES string of the molecule is CCCn1c(SCC(=O)N2CCC[C@H]2c2cccs2)n[nH]c1=O. The number of carbonyl (C=O) groups is 1. The molecule has 0 saturated carbocycles. The van der Waals surface area contributed by atoms with Gasteiger partial charge in [-0.3, -0.25) is 9.36 Å². The maximum Gasteiger partial charge on any atom is 0.343 e. The Bertz CT molecular complexity index is 707. The average molecular weight is 352 g/mol. The zero-order valence-corrected chi connectivity index (χ0v) is 14.7. The topological polar surface area (TPSA) is 71.0 Å². The van der Waals surface area contributed by atoms with Crippen LogP contribution in [0, 0.1) is 0 Å². The van der Waals surface area contributed by atoms with Crippen LogP contribution in [0.25, 0.3) is 0 Å². The molecule has 0 bridgehead atoms. The summed E-state index contributed by atoms with van der Waals surface area (Å²) in [6.07, 6.45) is 2.93. The number of rotatable bonds is 6. The molecule has 1 N–H and O–H groups in total. The number of thiophene rings is 1. The van der Waals surface area contributed by atoms with E-state index in [4.69, 9.17) is 0 Å². The number of nitrogens with one attached hydrogen (secondary N) is 1. The number of H-pyrrole nitrogens is 1. The lowest BCUT2D eigenvalue weighted by Crippen LogP contribution is -2.31. The predicted octanol–water partition coefficient (Wildman–Crippen LogP) is 2.50. The Morgan fingerprint density at radius 1 is 1.57 bits per heavy atom. The van der Waals surface area contributed by atoms with Crippen LogP contribution < -0.4 is 5.69 Å². The molecule has 0 unspecified atom stereocenters. The highest BCUT2D eigenvalue weighted by molar-refractivity contribution is 7.99. The van der Waals surface area contributed by atoms with Crippen molar-refractivity contribution in [3.63, 3.8) is 0 Å². The fourth-order valence-electron chi connectivity index (χ4n) is 2.89. The summed E-state index contributed by atoms with van der Waals surface area (Å²) >= 11 is 3.04. The van der Waals surface area contributed by atoms with Gasteiger partial charge in [-0.15, -0.1) is 16.4 Å². The summed E-state index contributed by atoms with van der Waals surface area (Å²) in [6.45, 7) is 3.44. The smallest absolute Gasteiger partial charge is 0.334 e. The molecule has 1 saturated heterocycles. The van der Waals surface area contributed by atoms with E-state index in [1.165, 1.54) is 16.6 Å². The van der Waals surface area contributed by atoms with Crippen molar-refractivity contribution in [2.24, 2.45) is 0 Å². The van der Waals surface area contributed by atoms with Gasteiger partial charge in [-0.05, 0) is 30.7 Å². The van der Waals surface area contributed by atoms with Crippen LogP contribution >= 0.6 is 23.1 Å². The molecule has 0 aliphatic carbocycles. The quantitative estimate of drug-likeness (QED) is 0.811. The fraction of sp³-hybridized carbons (Fsp3) is 0.533. The van der Waals surface area contributed by atoms with Gasteiger partial charge >= 0.3 is 5.69 Å². The number of aromatic nitrogens is 3. The summed E-state index contributed by atoms with van der Waals surface area (Å²) < 4.78 is 1.60. The van der Waals surface area contributed by atoms with E-state index in [1.54, 1.807) is 15.9 Å². The van der Waals surface area contributed by atoms with E-state index in [9.17, 15) is 9.59 Å². The molecule has 3 rings (SSSR count). The van der Waals surface area contributed by atoms with Gasteiger partial charge in [0.05, 0.1) is 11.8 Å². The molecule has 0 spiro atoms. The van der Waals surface area contributed by atoms with Gasteiger partial charge in [0.2, 0.25) is 5.91 Å². The van der Waals surface area contributed by atoms with E-state index in [2.05, 4.69) is 21.6 Å². The Labute approximate surface area is 142 Å². The third kappa shape index (κ3) is 3.53. The van der Waals surface area contributed by atoms with Crippen molar-refractivity contribution in [3.8, 4) is 0 Å². The van der Waals surface area contributed by atoms with Crippen LogP contribution in [0.15, 0.2) is 27.5 Å². The zero-order chi connectivity index (χ0) is 16.2. The number of aromatic amines is 1. The van der Waals surface area contributed by atoms with Gasteiger partial charge in [-0.25, -0.2) is 9.89 Å². The summed E-state index contributed by atoms with van der Waals surface area (Å²) in [5.74, 6) is 0.431. The third-order valence-electron chi connectivity index (χ3n) is 3.94. The molecule has 23 heavy (non-hydrogen) atoms. The fourth-order valence-corrected chi connectivity index (χ4v) is 4.62. The van der Waals surface area contributed by atoms with Gasteiger partial charge in [0.25, 0.3) is 0 Å². The van der Waals surface area contributed by atoms with Gasteiger partial charge in [-0.2, -0.15) is 0 Å². The predicted molar refractivity (Wildman–Crippen MR) is 91.9 cm³/mol. The lowest BCUT2D eigenvalue weighted by molar-refractivity contribution is -0.129. The van der Waals surface area contributed by atoms with Crippen molar-refractivity contribution in [2.45, 2.75) is 43.9 Å². The molecule has 1 amide bonds. The molecule has 8 heteroatoms. The minimum absolute atomic E-state index is 0.115. The molecule has 0 radical (unpaired) electrons. The summed E-state index contributed by atoms with van der Waals surface area (Å²) in [6, 6.07) is 4.34. The number of likely N-dealkylation sites (tertiary alicyclic amines) is 1. The number of hydrogen-bond donors (Lipinski definition) is 1. The van der Waals surface area contributed by atoms with E-state index in [0.29, 0.717) is 17.5 Å². The number of carbonyl (C=O) groups excluding carboxylic acids is 1. The lowest BCUT2D eigenvalue weighted by Gasteiger charge is -2.23. The van der Waals surface area contributed by atoms with Gasteiger partial charge in [0, 0.05) is 18.0 Å². The molecule has 2 aromatic rings. The molecule has 1 atom stereocenters. The average Bonchev–Trinajstić information content (AvgIpc) is 3.26. The van der Waals surface area contributed by atoms with Crippen molar-refractivity contribution in [1.29, 1.82) is 0 Å². The van der Waals surface area contributed by atoms with Crippen LogP contribution in [0.3, 0.4) is 0 Å². The Hall–Kier alpha value is -1.54. The normalized spacial score (nSPS) is 17.8. The molecule has 124 valence electrons. The molecule has 1 aliphatic heterocycles. The summed E-state index contributed by atoms with van der Waals surface area (Å²) in [5.41, 5.74) is -0.209. The number of hydrogen-bond acceptors (Lipinski definition) is 5. The molecule has 2 aromatic heterocycles. The van der Waals surface area contributed by atoms with Gasteiger partial charge in [-0.1, -0.05) is 24.8 Å². The standard InChI is InChI=1S/C15H20N4O2S2/c1-2-7-19-14(21)16-17-15(19)23-10-13(20)18-8-3-5-11(18)12-6-4-9-22-12/h4,6,9,11H,2-3,5,7-8,10H2,1H3,(H,16,21)/t11-/m0/s1. The maximum atomic E-state index is 12.6. The highest BCUT2D eigenvalue weighted by atomic mass is 32.2. The zero-order valence-electron chi connectivity index (χ0n) is 13.0. The van der Waals surface area contributed by atoms with Crippen molar-refractivity contribution in [1.82, 2.24) is 19.7 Å². The lowest BCUT2D eigenvalue weighted by atomic mass is 10.2. The van der Waals surface area contributed by atoms with E-state index in [0.717, 1.165) is 25.8 Å². The number of amides is 1. The van der Waals surface area contributed by atoms with Crippen molar-refractivity contribution in [3.05, 3.63) is 32.9 Å². The van der Waals surface area contributed by atoms with Crippen molar-refractivity contribution < 1.29 is 4.79 Å². The summed E-state index contributed by atoms with van der Waals surface area (Å²) in [5, 5.41) is 9.13. The largest absolute Gasteiger partial charge is 0.343 e. The van der Waals surface area contributed by atoms with Crippen molar-refractivity contribution in [2.75, 3.05) is 12.3 Å². The molecular weight excluding hydrogens is 332 g/mol. The minimum Gasteiger partial charge on any atom is -0.334 e. The van der Waals surface area contributed by atoms with Gasteiger partial charge < -0.3 is 4.90 Å². The van der Waals surface area contributed by atoms with Crippen LogP contribution in [0.5, 0.6) is 0 Å². The highest BCUT2D eigenvalue weighted by Crippen LogP contribution is 2.35. The summed E-state index contributed by atoms with van der Waals surface area (Å²) in [4.78, 5) is 27.5. The van der Waals surface area contributed by atoms with Crippen LogP contribution in [0.2, 0.25) is 0 Å². The second-order valence-electron chi connectivity index (χ2n) is 5.51. The monoisotopic (exact) mass is 352 g/mol. The first-order chi connectivity index (χ1) is 11.2. The van der Waals surface area contributed by atoms with Crippen LogP contribution in [0.1, 0.15) is 37.1 Å². The number of thioether (sulfide) groups is 1. The molecular formula is C15H20N4O2S2. The molecule has 1 aliphatic rings. The Kier molecular flexibility index (Phi) is 5.22. The van der Waals surface area contributed by atoms with Crippen molar-refractivity contribution >= 4 is 29.0 Å². The Balaban J connectivity index is 1.64. The molecule has 6 nitrogen and oxygen atoms in total. The Morgan fingerprint density at radius 2 is 2.43 bits per heavy atom. The first-order valence-corrected chi connectivity index (χ1v) is 9.68. The maximum absolute atomic E-state index is 12.6. The molecule has 0 aromatic carbocycles. The number of nitrogens with zero attached hydrogens (tertiary/aromatic N) is 3. The molecule has 1 fully saturated rings. The summed E-state index contributed by atoms with van der Waals surface area (Å²) in [7, 11) is 0. The van der Waals surface area contributed by atoms with E-state index in [1.807, 2.05) is 17.9 Å². The second kappa shape index (κ2) is 7.35. The van der Waals surface area contributed by atoms with E-state index in [-0.39, 0.29) is 17.6 Å². The second-order valence-corrected chi connectivity index (χ2v) is 7.43. The molecule has 3 heterocycles. The highest BCUT2D eigenvalue weighted by Gasteiger charge is 2.30. The first-order valence-electron chi connectivity index (χ1n) is 7.81. The first kappa shape index (κ1) is 16.3. The Morgan fingerprint density at radius 3 is 3.17 bits per heavy atom. The van der Waals surface area contributed by atoms with Gasteiger partial charge in [0.1, 0.15) is 0 Å². The van der Waals surface area contributed by atoms with Crippen LogP contribution in [-0.4, -0.2) is 37.9 Å². The third-order valence-corrected chi connectivity index (χ3v) is 5.87. The van der Waals surface area contributed by atoms with E-state index >= 15 is 0 Å². The van der Waals surface area contributed by atoms with E-state index < -0.39 is 0 Å². The van der Waals surface area contributed by atoms with Gasteiger partial charge in [0.15, 0.2) is 5.16 Å². The van der Waals surface area contributed by atoms with Crippen LogP contribution in [-0.2, 0) is 11.3 Å². The van der Waals surface area contributed by atoms with Crippen LogP contribution in [0.4, 0.5) is 0 Å². The minimum atomic E-state index is -0.209.